The molecule has 0 aliphatic carbocycles. The number of methoxy groups -OCH3 is 2. The molecule has 22 heavy (non-hydrogen) atoms. The lowest BCUT2D eigenvalue weighted by atomic mass is 10.0. The highest BCUT2D eigenvalue weighted by molar-refractivity contribution is 5.91. The van der Waals surface area contributed by atoms with E-state index in [1.165, 1.54) is 32.4 Å². The Morgan fingerprint density at radius 2 is 1.91 bits per heavy atom. The third-order valence-corrected chi connectivity index (χ3v) is 3.13. The summed E-state index contributed by atoms with van der Waals surface area (Å²) in [6.45, 7) is 0. The number of phenolic OH excluding ortho intramolecular Hbond substituents is 1. The summed E-state index contributed by atoms with van der Waals surface area (Å²) in [6.07, 6.45) is 1.42. The molecule has 0 aliphatic heterocycles. The van der Waals surface area contributed by atoms with Crippen LogP contribution in [0.25, 0.3) is 11.6 Å². The Morgan fingerprint density at radius 1 is 1.18 bits per heavy atom. The maximum Gasteiger partial charge on any atom is 0.165 e. The molecule has 2 aromatic carbocycles. The average Bonchev–Trinajstić information content (AvgIpc) is 2.55. The van der Waals surface area contributed by atoms with E-state index in [0.717, 1.165) is 6.07 Å². The third kappa shape index (κ3) is 3.01. The molecule has 0 spiro atoms. The zero-order chi connectivity index (χ0) is 16.1. The first-order valence-corrected chi connectivity index (χ1v) is 6.42. The number of ether oxygens (including phenoxy) is 2. The summed E-state index contributed by atoms with van der Waals surface area (Å²) in [7, 11) is 3.01. The summed E-state index contributed by atoms with van der Waals surface area (Å²) in [5, 5.41) is 19.0. The molecule has 0 radical (unpaired) electrons. The van der Waals surface area contributed by atoms with E-state index in [-0.39, 0.29) is 11.1 Å². The molecule has 0 bridgehead atoms. The van der Waals surface area contributed by atoms with Crippen LogP contribution in [0, 0.1) is 17.1 Å². The lowest BCUT2D eigenvalue weighted by Gasteiger charge is -2.09. The quantitative estimate of drug-likeness (QED) is 0.692. The molecule has 0 amide bonds. The number of aromatic hydroxyl groups is 1. The van der Waals surface area contributed by atoms with Gasteiger partial charge >= 0.3 is 0 Å². The van der Waals surface area contributed by atoms with Gasteiger partial charge in [-0.25, -0.2) is 4.39 Å². The minimum atomic E-state index is -0.738. The van der Waals surface area contributed by atoms with Gasteiger partial charge in [0.2, 0.25) is 0 Å². The second-order valence-electron chi connectivity index (χ2n) is 4.42. The second kappa shape index (κ2) is 6.64. The SMILES string of the molecule is COc1ccc(/C(C#N)=C/c2cccc(F)c2O)cc1OC. The predicted octanol–water partition coefficient (Wildman–Crippen LogP) is 3.61. The molecule has 0 saturated carbocycles. The summed E-state index contributed by atoms with van der Waals surface area (Å²) in [5.41, 5.74) is 1.07. The van der Waals surface area contributed by atoms with Crippen molar-refractivity contribution in [1.29, 1.82) is 5.26 Å². The summed E-state index contributed by atoms with van der Waals surface area (Å²) in [6, 6.07) is 11.2. The first kappa shape index (κ1) is 15.4. The van der Waals surface area contributed by atoms with Gasteiger partial charge < -0.3 is 14.6 Å². The number of hydrogen-bond acceptors (Lipinski definition) is 4. The first-order chi connectivity index (χ1) is 10.6. The van der Waals surface area contributed by atoms with Gasteiger partial charge in [0.1, 0.15) is 0 Å². The minimum Gasteiger partial charge on any atom is -0.504 e. The van der Waals surface area contributed by atoms with Crippen molar-refractivity contribution in [3.63, 3.8) is 0 Å². The molecule has 2 aromatic rings. The molecule has 2 rings (SSSR count). The molecule has 1 N–H and O–H groups in total. The van der Waals surface area contributed by atoms with Crippen molar-refractivity contribution < 1.29 is 19.0 Å². The molecular formula is C17H14FNO3. The van der Waals surface area contributed by atoms with Crippen LogP contribution < -0.4 is 9.47 Å². The summed E-state index contributed by atoms with van der Waals surface area (Å²) in [5.74, 6) is -0.212. The third-order valence-electron chi connectivity index (χ3n) is 3.13. The number of allylic oxidation sites excluding steroid dienone is 1. The van der Waals surface area contributed by atoms with Gasteiger partial charge in [-0.2, -0.15) is 5.26 Å². The Balaban J connectivity index is 2.51. The Morgan fingerprint density at radius 3 is 2.55 bits per heavy atom. The average molecular weight is 299 g/mol. The number of phenols is 1. The van der Waals surface area contributed by atoms with E-state index >= 15 is 0 Å². The predicted molar refractivity (Wildman–Crippen MR) is 81.1 cm³/mol. The van der Waals surface area contributed by atoms with Crippen molar-refractivity contribution in [3.8, 4) is 23.3 Å². The molecule has 0 unspecified atom stereocenters. The van der Waals surface area contributed by atoms with Crippen LogP contribution >= 0.6 is 0 Å². The number of rotatable bonds is 4. The number of nitriles is 1. The zero-order valence-corrected chi connectivity index (χ0v) is 12.1. The summed E-state index contributed by atoms with van der Waals surface area (Å²) >= 11 is 0. The van der Waals surface area contributed by atoms with Gasteiger partial charge in [-0.1, -0.05) is 12.1 Å². The van der Waals surface area contributed by atoms with Crippen LogP contribution in [0.5, 0.6) is 17.2 Å². The fourth-order valence-corrected chi connectivity index (χ4v) is 1.99. The fourth-order valence-electron chi connectivity index (χ4n) is 1.99. The molecule has 0 heterocycles. The van der Waals surface area contributed by atoms with E-state index in [4.69, 9.17) is 9.47 Å². The smallest absolute Gasteiger partial charge is 0.165 e. The molecule has 0 aliphatic rings. The van der Waals surface area contributed by atoms with Crippen LogP contribution in [-0.2, 0) is 0 Å². The van der Waals surface area contributed by atoms with Crippen LogP contribution in [0.4, 0.5) is 4.39 Å². The van der Waals surface area contributed by atoms with Crippen LogP contribution in [-0.4, -0.2) is 19.3 Å². The maximum atomic E-state index is 13.4. The molecule has 0 atom stereocenters. The molecule has 5 heteroatoms. The highest BCUT2D eigenvalue weighted by Crippen LogP contribution is 2.32. The van der Waals surface area contributed by atoms with E-state index in [0.29, 0.717) is 17.1 Å². The Kier molecular flexibility index (Phi) is 4.64. The number of halogens is 1. The summed E-state index contributed by atoms with van der Waals surface area (Å²) in [4.78, 5) is 0. The highest BCUT2D eigenvalue weighted by Gasteiger charge is 2.10. The van der Waals surface area contributed by atoms with Gasteiger partial charge in [-0.05, 0) is 35.9 Å². The van der Waals surface area contributed by atoms with Crippen molar-refractivity contribution in [2.24, 2.45) is 0 Å². The zero-order valence-electron chi connectivity index (χ0n) is 12.1. The van der Waals surface area contributed by atoms with Gasteiger partial charge in [0, 0.05) is 5.56 Å². The first-order valence-electron chi connectivity index (χ1n) is 6.42. The maximum absolute atomic E-state index is 13.4. The lowest BCUT2D eigenvalue weighted by Crippen LogP contribution is -1.92. The fraction of sp³-hybridized carbons (Fsp3) is 0.118. The van der Waals surface area contributed by atoms with Gasteiger partial charge in [-0.3, -0.25) is 0 Å². The summed E-state index contributed by atoms with van der Waals surface area (Å²) < 4.78 is 23.7. The molecule has 0 aromatic heterocycles. The molecular weight excluding hydrogens is 285 g/mol. The Hall–Kier alpha value is -3.00. The van der Waals surface area contributed by atoms with Crippen molar-refractivity contribution >= 4 is 11.6 Å². The van der Waals surface area contributed by atoms with Crippen LogP contribution in [0.3, 0.4) is 0 Å². The van der Waals surface area contributed by atoms with E-state index < -0.39 is 11.6 Å². The van der Waals surface area contributed by atoms with E-state index in [1.807, 2.05) is 6.07 Å². The van der Waals surface area contributed by atoms with Gasteiger partial charge in [0.15, 0.2) is 23.1 Å². The minimum absolute atomic E-state index is 0.228. The molecule has 4 nitrogen and oxygen atoms in total. The number of para-hydroxylation sites is 1. The van der Waals surface area contributed by atoms with E-state index in [9.17, 15) is 14.8 Å². The molecule has 112 valence electrons. The van der Waals surface area contributed by atoms with Crippen molar-refractivity contribution in [2.75, 3.05) is 14.2 Å². The number of hydrogen-bond donors (Lipinski definition) is 1. The number of benzene rings is 2. The Labute approximate surface area is 127 Å². The highest BCUT2D eigenvalue weighted by atomic mass is 19.1. The number of nitrogens with zero attached hydrogens (tertiary/aromatic N) is 1. The monoisotopic (exact) mass is 299 g/mol. The molecule has 0 fully saturated rings. The van der Waals surface area contributed by atoms with Gasteiger partial charge in [-0.15, -0.1) is 0 Å². The lowest BCUT2D eigenvalue weighted by molar-refractivity contribution is 0.355. The topological polar surface area (TPSA) is 62.5 Å². The van der Waals surface area contributed by atoms with Gasteiger partial charge in [0.05, 0.1) is 25.9 Å². The normalized spacial score (nSPS) is 10.9. The largest absolute Gasteiger partial charge is 0.504 e. The van der Waals surface area contributed by atoms with Crippen LogP contribution in [0.15, 0.2) is 36.4 Å². The Bertz CT molecular complexity index is 763. The van der Waals surface area contributed by atoms with Crippen LogP contribution in [0.2, 0.25) is 0 Å². The van der Waals surface area contributed by atoms with Crippen molar-refractivity contribution in [3.05, 3.63) is 53.3 Å². The van der Waals surface area contributed by atoms with E-state index in [2.05, 4.69) is 0 Å². The standard InChI is InChI=1S/C17H14FNO3/c1-21-15-7-6-11(9-16(15)22-2)13(10-19)8-12-4-3-5-14(18)17(12)20/h3-9,20H,1-2H3/b13-8+. The van der Waals surface area contributed by atoms with Crippen molar-refractivity contribution in [2.45, 2.75) is 0 Å². The van der Waals surface area contributed by atoms with E-state index in [1.54, 1.807) is 18.2 Å². The van der Waals surface area contributed by atoms with Gasteiger partial charge in [0.25, 0.3) is 0 Å². The van der Waals surface area contributed by atoms with Crippen LogP contribution in [0.1, 0.15) is 11.1 Å². The second-order valence-corrected chi connectivity index (χ2v) is 4.42. The molecule has 0 saturated heterocycles. The van der Waals surface area contributed by atoms with Crippen molar-refractivity contribution in [1.82, 2.24) is 0 Å².